The van der Waals surface area contributed by atoms with Gasteiger partial charge in [0.2, 0.25) is 5.91 Å². The summed E-state index contributed by atoms with van der Waals surface area (Å²) in [5.41, 5.74) is 3.18. The summed E-state index contributed by atoms with van der Waals surface area (Å²) in [6.45, 7) is 6.11. The van der Waals surface area contributed by atoms with Gasteiger partial charge >= 0.3 is 0 Å². The Morgan fingerprint density at radius 1 is 1.22 bits per heavy atom. The van der Waals surface area contributed by atoms with E-state index in [1.54, 1.807) is 4.90 Å². The maximum atomic E-state index is 12.7. The van der Waals surface area contributed by atoms with Crippen LogP contribution in [0.2, 0.25) is 0 Å². The molecule has 3 unspecified atom stereocenters. The molecule has 32 heavy (non-hydrogen) atoms. The quantitative estimate of drug-likeness (QED) is 0.697. The van der Waals surface area contributed by atoms with Crippen molar-refractivity contribution in [3.8, 4) is 5.75 Å². The second-order valence-electron chi connectivity index (χ2n) is 8.80. The molecule has 6 heteroatoms. The molecular formula is C26H33N3O3. The highest BCUT2D eigenvalue weighted by molar-refractivity contribution is 5.97. The number of hydrogen-bond donors (Lipinski definition) is 2. The van der Waals surface area contributed by atoms with Crippen molar-refractivity contribution in [1.29, 1.82) is 0 Å². The van der Waals surface area contributed by atoms with Crippen LogP contribution in [-0.4, -0.2) is 49.0 Å². The van der Waals surface area contributed by atoms with Crippen LogP contribution in [0.15, 0.2) is 48.5 Å². The third kappa shape index (κ3) is 5.30. The highest BCUT2D eigenvalue weighted by Gasteiger charge is 2.28. The molecule has 0 radical (unpaired) electrons. The van der Waals surface area contributed by atoms with E-state index in [2.05, 4.69) is 47.9 Å². The predicted molar refractivity (Wildman–Crippen MR) is 125 cm³/mol. The molecule has 1 saturated heterocycles. The van der Waals surface area contributed by atoms with Crippen molar-refractivity contribution < 1.29 is 14.3 Å². The molecule has 1 aliphatic heterocycles. The average molecular weight is 436 g/mol. The van der Waals surface area contributed by atoms with Crippen LogP contribution in [0, 0.1) is 0 Å². The van der Waals surface area contributed by atoms with E-state index < -0.39 is 0 Å². The maximum Gasteiger partial charge on any atom is 0.254 e. The van der Waals surface area contributed by atoms with E-state index in [9.17, 15) is 9.59 Å². The van der Waals surface area contributed by atoms with Gasteiger partial charge in [-0.1, -0.05) is 24.3 Å². The standard InChI is InChI=1S/C26H33N3O3/c1-3-32-24-6-4-5-21(16-24)18(2)28-23-12-11-22(15-23)19-7-9-20(10-8-19)26(31)29-14-13-27-25(30)17-29/h4-10,16,18,22-23,28H,3,11-15,17H2,1-2H3,(H,27,30). The van der Waals surface area contributed by atoms with Gasteiger partial charge in [0.05, 0.1) is 13.2 Å². The number of carbonyl (C=O) groups excluding carboxylic acids is 2. The van der Waals surface area contributed by atoms with E-state index in [-0.39, 0.29) is 24.4 Å². The highest BCUT2D eigenvalue weighted by Crippen LogP contribution is 2.35. The van der Waals surface area contributed by atoms with Gasteiger partial charge in [0.25, 0.3) is 5.91 Å². The van der Waals surface area contributed by atoms with Gasteiger partial charge < -0.3 is 20.3 Å². The molecule has 4 rings (SSSR count). The van der Waals surface area contributed by atoms with Crippen LogP contribution in [0.4, 0.5) is 0 Å². The highest BCUT2D eigenvalue weighted by atomic mass is 16.5. The second-order valence-corrected chi connectivity index (χ2v) is 8.80. The lowest BCUT2D eigenvalue weighted by atomic mass is 9.96. The minimum absolute atomic E-state index is 0.0690. The first-order valence-electron chi connectivity index (χ1n) is 11.7. The number of ether oxygens (including phenoxy) is 1. The zero-order chi connectivity index (χ0) is 22.5. The molecule has 170 valence electrons. The number of carbonyl (C=O) groups is 2. The van der Waals surface area contributed by atoms with E-state index in [4.69, 9.17) is 4.74 Å². The molecule has 1 heterocycles. The fourth-order valence-electron chi connectivity index (χ4n) is 4.82. The summed E-state index contributed by atoms with van der Waals surface area (Å²) in [4.78, 5) is 25.9. The Morgan fingerprint density at radius 2 is 2.03 bits per heavy atom. The number of hydrogen-bond acceptors (Lipinski definition) is 4. The van der Waals surface area contributed by atoms with E-state index in [0.717, 1.165) is 25.0 Å². The van der Waals surface area contributed by atoms with Crippen LogP contribution in [0.1, 0.15) is 66.6 Å². The molecule has 6 nitrogen and oxygen atoms in total. The van der Waals surface area contributed by atoms with Crippen LogP contribution in [0.3, 0.4) is 0 Å². The molecule has 0 bridgehead atoms. The third-order valence-corrected chi connectivity index (χ3v) is 6.54. The number of benzene rings is 2. The zero-order valence-corrected chi connectivity index (χ0v) is 19.0. The fourth-order valence-corrected chi connectivity index (χ4v) is 4.82. The van der Waals surface area contributed by atoms with Crippen molar-refractivity contribution in [2.45, 2.75) is 51.1 Å². The van der Waals surface area contributed by atoms with Crippen molar-refractivity contribution in [2.24, 2.45) is 0 Å². The topological polar surface area (TPSA) is 70.7 Å². The average Bonchev–Trinajstić information content (AvgIpc) is 3.27. The largest absolute Gasteiger partial charge is 0.494 e. The number of rotatable bonds is 7. The van der Waals surface area contributed by atoms with Crippen LogP contribution in [0.25, 0.3) is 0 Å². The van der Waals surface area contributed by atoms with Crippen LogP contribution in [-0.2, 0) is 4.79 Å². The van der Waals surface area contributed by atoms with Crippen molar-refractivity contribution in [1.82, 2.24) is 15.5 Å². The molecule has 2 N–H and O–H groups in total. The van der Waals surface area contributed by atoms with Gasteiger partial charge in [-0.05, 0) is 74.4 Å². The molecule has 2 amide bonds. The molecule has 2 aromatic rings. The van der Waals surface area contributed by atoms with Gasteiger partial charge in [-0.3, -0.25) is 9.59 Å². The predicted octanol–water partition coefficient (Wildman–Crippen LogP) is 3.64. The van der Waals surface area contributed by atoms with Gasteiger partial charge in [-0.15, -0.1) is 0 Å². The summed E-state index contributed by atoms with van der Waals surface area (Å²) >= 11 is 0. The number of nitrogens with one attached hydrogen (secondary N) is 2. The Morgan fingerprint density at radius 3 is 2.78 bits per heavy atom. The molecule has 0 aromatic heterocycles. The molecule has 2 aromatic carbocycles. The van der Waals surface area contributed by atoms with Crippen LogP contribution < -0.4 is 15.4 Å². The summed E-state index contributed by atoms with van der Waals surface area (Å²) in [5.74, 6) is 1.26. The van der Waals surface area contributed by atoms with E-state index in [1.165, 1.54) is 11.1 Å². The van der Waals surface area contributed by atoms with Gasteiger partial charge in [-0.2, -0.15) is 0 Å². The van der Waals surface area contributed by atoms with Crippen LogP contribution in [0.5, 0.6) is 5.75 Å². The minimum Gasteiger partial charge on any atom is -0.494 e. The number of amides is 2. The molecule has 2 aliphatic rings. The van der Waals surface area contributed by atoms with E-state index >= 15 is 0 Å². The van der Waals surface area contributed by atoms with Gasteiger partial charge in [0.1, 0.15) is 5.75 Å². The van der Waals surface area contributed by atoms with E-state index in [1.807, 2.05) is 25.1 Å². The SMILES string of the molecule is CCOc1cccc(C(C)NC2CCC(c3ccc(C(=O)N4CCNC(=O)C4)cc3)C2)c1. The smallest absolute Gasteiger partial charge is 0.254 e. The molecule has 0 spiro atoms. The minimum atomic E-state index is -0.0930. The Labute approximate surface area is 190 Å². The maximum absolute atomic E-state index is 12.7. The molecule has 1 saturated carbocycles. The van der Waals surface area contributed by atoms with E-state index in [0.29, 0.717) is 37.2 Å². The summed E-state index contributed by atoms with van der Waals surface area (Å²) in [6, 6.07) is 17.0. The number of piperazine rings is 1. The summed E-state index contributed by atoms with van der Waals surface area (Å²) in [7, 11) is 0. The van der Waals surface area contributed by atoms with Crippen LogP contribution >= 0.6 is 0 Å². The first-order valence-corrected chi connectivity index (χ1v) is 11.7. The Hall–Kier alpha value is -2.86. The first kappa shape index (κ1) is 22.3. The lowest BCUT2D eigenvalue weighted by molar-refractivity contribution is -0.123. The first-order chi connectivity index (χ1) is 15.5. The Kier molecular flexibility index (Phi) is 7.10. The number of nitrogens with zero attached hydrogens (tertiary/aromatic N) is 1. The normalized spacial score (nSPS) is 21.8. The summed E-state index contributed by atoms with van der Waals surface area (Å²) in [5, 5.41) is 6.54. The van der Waals surface area contributed by atoms with Gasteiger partial charge in [0, 0.05) is 30.7 Å². The lowest BCUT2D eigenvalue weighted by Crippen LogP contribution is -2.49. The molecular weight excluding hydrogens is 402 g/mol. The van der Waals surface area contributed by atoms with Crippen molar-refractivity contribution in [3.05, 3.63) is 65.2 Å². The zero-order valence-electron chi connectivity index (χ0n) is 19.0. The monoisotopic (exact) mass is 435 g/mol. The van der Waals surface area contributed by atoms with Crippen molar-refractivity contribution >= 4 is 11.8 Å². The summed E-state index contributed by atoms with van der Waals surface area (Å²) in [6.07, 6.45) is 3.38. The molecule has 1 aliphatic carbocycles. The fraction of sp³-hybridized carbons (Fsp3) is 0.462. The second kappa shape index (κ2) is 10.2. The van der Waals surface area contributed by atoms with Crippen molar-refractivity contribution in [2.75, 3.05) is 26.2 Å². The van der Waals surface area contributed by atoms with Gasteiger partial charge in [-0.25, -0.2) is 0 Å². The third-order valence-electron chi connectivity index (χ3n) is 6.54. The Bertz CT molecular complexity index is 944. The Balaban J connectivity index is 1.32. The molecule has 2 fully saturated rings. The van der Waals surface area contributed by atoms with Crippen molar-refractivity contribution in [3.63, 3.8) is 0 Å². The summed E-state index contributed by atoms with van der Waals surface area (Å²) < 4.78 is 5.64. The van der Waals surface area contributed by atoms with Gasteiger partial charge in [0.15, 0.2) is 0 Å². The molecule has 3 atom stereocenters. The lowest BCUT2D eigenvalue weighted by Gasteiger charge is -2.26.